The highest BCUT2D eigenvalue weighted by atomic mass is 16.3. The van der Waals surface area contributed by atoms with Gasteiger partial charge < -0.3 is 4.42 Å². The zero-order valence-electron chi connectivity index (χ0n) is 19.2. The smallest absolute Gasteiger partial charge is 0.143 e. The first kappa shape index (κ1) is 12.1. The minimum atomic E-state index is -0.146. The lowest BCUT2D eigenvalue weighted by molar-refractivity contribution is 0.670. The largest absolute Gasteiger partial charge is 0.455 e. The van der Waals surface area contributed by atoms with Gasteiger partial charge in [0.15, 0.2) is 0 Å². The number of fused-ring (bicyclic) bond motifs is 3. The second-order valence-electron chi connectivity index (χ2n) is 6.76. The highest BCUT2D eigenvalue weighted by Gasteiger charge is 2.14. The Morgan fingerprint density at radius 1 is 0.741 bits per heavy atom. The standard InChI is InChI=1S/C26H20O/c1-17-8-5-9-19(16-17)20-11-6-12-21(18(20)2)23-13-7-14-24-22-10-3-4-15-25(22)27-26(23)24/h3-16H,1-2H3/i5D,8D,9D,16D. The van der Waals surface area contributed by atoms with Gasteiger partial charge in [-0.25, -0.2) is 0 Å². The topological polar surface area (TPSA) is 13.1 Å². The lowest BCUT2D eigenvalue weighted by Gasteiger charge is -2.13. The van der Waals surface area contributed by atoms with E-state index in [1.165, 1.54) is 0 Å². The van der Waals surface area contributed by atoms with Crippen LogP contribution in [0.1, 0.15) is 16.6 Å². The Labute approximate surface area is 164 Å². The number of furan rings is 1. The summed E-state index contributed by atoms with van der Waals surface area (Å²) >= 11 is 0. The molecule has 0 aliphatic heterocycles. The third-order valence-electron chi connectivity index (χ3n) is 5.05. The third kappa shape index (κ3) is 2.55. The minimum Gasteiger partial charge on any atom is -0.455 e. The van der Waals surface area contributed by atoms with Crippen molar-refractivity contribution in [3.63, 3.8) is 0 Å². The Bertz CT molecular complexity index is 1470. The van der Waals surface area contributed by atoms with Crippen LogP contribution in [0, 0.1) is 13.8 Å². The molecule has 0 N–H and O–H groups in total. The summed E-state index contributed by atoms with van der Waals surface area (Å²) in [6.07, 6.45) is 0. The van der Waals surface area contributed by atoms with E-state index in [2.05, 4.69) is 6.07 Å². The van der Waals surface area contributed by atoms with E-state index in [4.69, 9.17) is 9.90 Å². The molecule has 0 saturated heterocycles. The molecule has 0 radical (unpaired) electrons. The van der Waals surface area contributed by atoms with E-state index in [1.54, 1.807) is 6.92 Å². The van der Waals surface area contributed by atoms with Gasteiger partial charge in [-0.1, -0.05) is 84.3 Å². The van der Waals surface area contributed by atoms with Crippen LogP contribution < -0.4 is 0 Å². The van der Waals surface area contributed by atoms with Crippen LogP contribution in [-0.2, 0) is 0 Å². The van der Waals surface area contributed by atoms with Gasteiger partial charge >= 0.3 is 0 Å². The Hall–Kier alpha value is -3.32. The van der Waals surface area contributed by atoms with Crippen molar-refractivity contribution in [1.82, 2.24) is 0 Å². The monoisotopic (exact) mass is 352 g/mol. The van der Waals surface area contributed by atoms with Crippen molar-refractivity contribution in [2.24, 2.45) is 0 Å². The van der Waals surface area contributed by atoms with Crippen molar-refractivity contribution < 1.29 is 9.90 Å². The van der Waals surface area contributed by atoms with Crippen molar-refractivity contribution >= 4 is 21.9 Å². The van der Waals surface area contributed by atoms with Crippen LogP contribution in [0.15, 0.2) is 89.3 Å². The molecule has 0 aliphatic rings. The molecule has 27 heavy (non-hydrogen) atoms. The summed E-state index contributed by atoms with van der Waals surface area (Å²) in [5, 5.41) is 2.11. The van der Waals surface area contributed by atoms with Crippen LogP contribution in [0.4, 0.5) is 0 Å². The number of hydrogen-bond donors (Lipinski definition) is 0. The quantitative estimate of drug-likeness (QED) is 0.320. The number of para-hydroxylation sites is 2. The van der Waals surface area contributed by atoms with Crippen molar-refractivity contribution in [2.45, 2.75) is 13.8 Å². The number of hydrogen-bond acceptors (Lipinski definition) is 1. The molecule has 130 valence electrons. The predicted molar refractivity (Wildman–Crippen MR) is 114 cm³/mol. The third-order valence-corrected chi connectivity index (χ3v) is 5.05. The Balaban J connectivity index is 1.80. The molecule has 4 aromatic carbocycles. The maximum atomic E-state index is 8.55. The first-order chi connectivity index (χ1) is 14.9. The SMILES string of the molecule is [2H]c1c([2H])c(C)c([2H])c(-c2cccc(-c3cccc4c3oc3ccccc34)c2C)c1[2H]. The Kier molecular flexibility index (Phi) is 2.76. The fraction of sp³-hybridized carbons (Fsp3) is 0.0769. The number of rotatable bonds is 2. The van der Waals surface area contributed by atoms with E-state index in [0.717, 1.165) is 44.2 Å². The van der Waals surface area contributed by atoms with Crippen LogP contribution in [0.3, 0.4) is 0 Å². The van der Waals surface area contributed by atoms with Crippen molar-refractivity contribution in [2.75, 3.05) is 0 Å². The molecule has 0 aliphatic carbocycles. The average molecular weight is 352 g/mol. The molecule has 0 fully saturated rings. The van der Waals surface area contributed by atoms with Gasteiger partial charge in [-0.15, -0.1) is 0 Å². The maximum Gasteiger partial charge on any atom is 0.143 e. The molecule has 5 rings (SSSR count). The van der Waals surface area contributed by atoms with E-state index in [9.17, 15) is 0 Å². The Morgan fingerprint density at radius 3 is 2.41 bits per heavy atom. The average Bonchev–Trinajstić information content (AvgIpc) is 3.17. The lowest BCUT2D eigenvalue weighted by atomic mass is 9.91. The number of benzene rings is 4. The summed E-state index contributed by atoms with van der Waals surface area (Å²) in [6, 6.07) is 19.7. The van der Waals surface area contributed by atoms with E-state index in [-0.39, 0.29) is 24.2 Å². The minimum absolute atomic E-state index is 0.0559. The van der Waals surface area contributed by atoms with E-state index in [1.807, 2.05) is 61.5 Å². The van der Waals surface area contributed by atoms with Crippen molar-refractivity contribution in [1.29, 1.82) is 0 Å². The first-order valence-corrected chi connectivity index (χ1v) is 8.97. The fourth-order valence-corrected chi connectivity index (χ4v) is 3.73. The zero-order chi connectivity index (χ0) is 21.9. The first-order valence-electron chi connectivity index (χ1n) is 11.0. The van der Waals surface area contributed by atoms with Crippen molar-refractivity contribution in [3.05, 3.63) is 96.0 Å². The summed E-state index contributed by atoms with van der Waals surface area (Å²) < 4.78 is 39.4. The van der Waals surface area contributed by atoms with Gasteiger partial charge in [-0.3, -0.25) is 0 Å². The molecule has 0 spiro atoms. The molecule has 5 aromatic rings. The summed E-state index contributed by atoms with van der Waals surface area (Å²) in [4.78, 5) is 0. The normalized spacial score (nSPS) is 13.4. The van der Waals surface area contributed by atoms with Gasteiger partial charge in [0.25, 0.3) is 0 Å². The fourth-order valence-electron chi connectivity index (χ4n) is 3.73. The van der Waals surface area contributed by atoms with Gasteiger partial charge in [0, 0.05) is 16.3 Å². The summed E-state index contributed by atoms with van der Waals surface area (Å²) in [5.41, 5.74) is 6.01. The maximum absolute atomic E-state index is 8.55. The highest BCUT2D eigenvalue weighted by Crippen LogP contribution is 2.39. The van der Waals surface area contributed by atoms with Crippen LogP contribution in [0.5, 0.6) is 0 Å². The van der Waals surface area contributed by atoms with Crippen LogP contribution in [0.25, 0.3) is 44.2 Å². The van der Waals surface area contributed by atoms with E-state index < -0.39 is 0 Å². The molecule has 1 aromatic heterocycles. The molecule has 1 nitrogen and oxygen atoms in total. The van der Waals surface area contributed by atoms with Gasteiger partial charge in [0.05, 0.1) is 5.48 Å². The molecule has 0 unspecified atom stereocenters. The molecular formula is C26H20O. The van der Waals surface area contributed by atoms with Crippen LogP contribution in [0.2, 0.25) is 0 Å². The second-order valence-corrected chi connectivity index (χ2v) is 6.76. The summed E-state index contributed by atoms with van der Waals surface area (Å²) in [7, 11) is 0. The molecule has 0 amide bonds. The molecular weight excluding hydrogens is 328 g/mol. The second kappa shape index (κ2) is 6.14. The van der Waals surface area contributed by atoms with Crippen LogP contribution in [-0.4, -0.2) is 0 Å². The molecule has 0 saturated carbocycles. The predicted octanol–water partition coefficient (Wildman–Crippen LogP) is 7.54. The van der Waals surface area contributed by atoms with Gasteiger partial charge in [-0.2, -0.15) is 0 Å². The van der Waals surface area contributed by atoms with Crippen LogP contribution >= 0.6 is 0 Å². The highest BCUT2D eigenvalue weighted by molar-refractivity contribution is 6.09. The van der Waals surface area contributed by atoms with Gasteiger partial charge in [0.2, 0.25) is 0 Å². The lowest BCUT2D eigenvalue weighted by Crippen LogP contribution is -1.89. The van der Waals surface area contributed by atoms with Gasteiger partial charge in [-0.05, 0) is 42.2 Å². The van der Waals surface area contributed by atoms with E-state index in [0.29, 0.717) is 11.1 Å². The molecule has 1 heterocycles. The Morgan fingerprint density at radius 2 is 1.48 bits per heavy atom. The van der Waals surface area contributed by atoms with E-state index >= 15 is 0 Å². The molecule has 1 heteroatoms. The van der Waals surface area contributed by atoms with Crippen molar-refractivity contribution in [3.8, 4) is 22.3 Å². The molecule has 0 bridgehead atoms. The van der Waals surface area contributed by atoms with Gasteiger partial charge in [0.1, 0.15) is 11.2 Å². The summed E-state index contributed by atoms with van der Waals surface area (Å²) in [6.45, 7) is 3.64. The molecule has 0 atom stereocenters. The summed E-state index contributed by atoms with van der Waals surface area (Å²) in [5.74, 6) is 0. The zero-order valence-corrected chi connectivity index (χ0v) is 15.2.